The van der Waals surface area contributed by atoms with E-state index in [9.17, 15) is 10.2 Å². The Labute approximate surface area is 180 Å². The van der Waals surface area contributed by atoms with E-state index in [0.717, 1.165) is 10.4 Å². The molecule has 5 nitrogen and oxygen atoms in total. The first-order valence-corrected chi connectivity index (χ1v) is 12.4. The summed E-state index contributed by atoms with van der Waals surface area (Å²) in [5.41, 5.74) is 0. The molecule has 0 bridgehead atoms. The van der Waals surface area contributed by atoms with Crippen molar-refractivity contribution in [1.29, 1.82) is 0 Å². The van der Waals surface area contributed by atoms with Gasteiger partial charge in [-0.2, -0.15) is 0 Å². The average molecular weight is 431 g/mol. The highest BCUT2D eigenvalue weighted by atomic mass is 28.4. The van der Waals surface area contributed by atoms with Gasteiger partial charge in [-0.3, -0.25) is 0 Å². The van der Waals surface area contributed by atoms with Crippen molar-refractivity contribution in [3.63, 3.8) is 0 Å². The number of benzene rings is 2. The third-order valence-electron chi connectivity index (χ3n) is 5.67. The van der Waals surface area contributed by atoms with Gasteiger partial charge in [0.15, 0.2) is 5.79 Å². The number of ether oxygens (including phenoxy) is 2. The molecule has 1 aliphatic rings. The van der Waals surface area contributed by atoms with E-state index in [-0.39, 0.29) is 18.3 Å². The molecule has 30 heavy (non-hydrogen) atoms. The zero-order valence-electron chi connectivity index (χ0n) is 18.5. The maximum Gasteiger partial charge on any atom is 0.261 e. The van der Waals surface area contributed by atoms with Crippen LogP contribution < -0.4 is 10.4 Å². The molecular weight excluding hydrogens is 396 g/mol. The van der Waals surface area contributed by atoms with Gasteiger partial charge in [-0.05, 0) is 29.3 Å². The van der Waals surface area contributed by atoms with E-state index in [1.807, 2.05) is 36.4 Å². The van der Waals surface area contributed by atoms with Crippen LogP contribution in [0.15, 0.2) is 60.7 Å². The molecule has 3 atom stereocenters. The number of hydrogen-bond donors (Lipinski definition) is 2. The summed E-state index contributed by atoms with van der Waals surface area (Å²) in [5.74, 6) is -0.851. The third kappa shape index (κ3) is 4.54. The number of aliphatic hydroxyl groups is 2. The molecule has 6 heteroatoms. The fraction of sp³-hybridized carbons (Fsp3) is 0.500. The van der Waals surface area contributed by atoms with Crippen molar-refractivity contribution in [3.05, 3.63) is 60.7 Å². The van der Waals surface area contributed by atoms with Crippen LogP contribution in [0.2, 0.25) is 5.04 Å². The molecule has 0 aliphatic carbocycles. The fourth-order valence-electron chi connectivity index (χ4n) is 4.40. The molecule has 3 unspecified atom stereocenters. The molecule has 164 valence electrons. The molecule has 1 aliphatic heterocycles. The van der Waals surface area contributed by atoms with Gasteiger partial charge in [-0.15, -0.1) is 0 Å². The van der Waals surface area contributed by atoms with Crippen molar-refractivity contribution in [2.75, 3.05) is 13.2 Å². The SMILES string of the molecule is CC1(C)OC(CO)C(C(O)CO[Si](c2ccccc2)(c2ccccc2)C(C)(C)C)O1. The van der Waals surface area contributed by atoms with E-state index in [4.69, 9.17) is 13.9 Å². The van der Waals surface area contributed by atoms with Gasteiger partial charge in [0.05, 0.1) is 13.2 Å². The first-order chi connectivity index (χ1) is 14.1. The third-order valence-corrected chi connectivity index (χ3v) is 10.7. The molecule has 0 aromatic heterocycles. The molecule has 2 N–H and O–H groups in total. The lowest BCUT2D eigenvalue weighted by atomic mass is 10.1. The lowest BCUT2D eigenvalue weighted by Crippen LogP contribution is -2.67. The first kappa shape index (κ1) is 23.1. The molecule has 1 saturated heterocycles. The van der Waals surface area contributed by atoms with Crippen LogP contribution in [0, 0.1) is 0 Å². The van der Waals surface area contributed by atoms with Gasteiger partial charge in [0.2, 0.25) is 0 Å². The van der Waals surface area contributed by atoms with Gasteiger partial charge in [0, 0.05) is 0 Å². The lowest BCUT2D eigenvalue weighted by Gasteiger charge is -2.43. The quantitative estimate of drug-likeness (QED) is 0.661. The highest BCUT2D eigenvalue weighted by Gasteiger charge is 2.51. The molecule has 0 saturated carbocycles. The monoisotopic (exact) mass is 430 g/mol. The Morgan fingerprint density at radius 1 is 0.967 bits per heavy atom. The van der Waals surface area contributed by atoms with Gasteiger partial charge in [-0.1, -0.05) is 81.4 Å². The second-order valence-corrected chi connectivity index (χ2v) is 13.7. The maximum absolute atomic E-state index is 11.0. The van der Waals surface area contributed by atoms with E-state index in [0.29, 0.717) is 0 Å². The Kier molecular flexibility index (Phi) is 6.86. The first-order valence-electron chi connectivity index (χ1n) is 10.5. The zero-order chi connectivity index (χ0) is 22.0. The zero-order valence-corrected chi connectivity index (χ0v) is 19.5. The highest BCUT2D eigenvalue weighted by molar-refractivity contribution is 6.99. The van der Waals surface area contributed by atoms with E-state index in [2.05, 4.69) is 45.0 Å². The van der Waals surface area contributed by atoms with E-state index in [1.54, 1.807) is 13.8 Å². The highest BCUT2D eigenvalue weighted by Crippen LogP contribution is 2.37. The normalized spacial score (nSPS) is 22.8. The van der Waals surface area contributed by atoms with Crippen molar-refractivity contribution >= 4 is 18.7 Å². The minimum atomic E-state index is -2.75. The van der Waals surface area contributed by atoms with Crippen LogP contribution in [0.25, 0.3) is 0 Å². The molecule has 3 rings (SSSR count). The standard InChI is InChI=1S/C24H34O5Si/c1-23(2,3)30(18-12-8-6-9-13-18,19-14-10-7-11-15-19)27-17-20(26)22-21(16-25)28-24(4,5)29-22/h6-15,20-22,25-26H,16-17H2,1-5H3. The van der Waals surface area contributed by atoms with Crippen molar-refractivity contribution in [2.45, 2.75) is 63.8 Å². The summed E-state index contributed by atoms with van der Waals surface area (Å²) < 4.78 is 18.4. The molecule has 0 spiro atoms. The van der Waals surface area contributed by atoms with Gasteiger partial charge >= 0.3 is 0 Å². The molecular formula is C24H34O5Si. The summed E-state index contributed by atoms with van der Waals surface area (Å²) in [4.78, 5) is 0. The topological polar surface area (TPSA) is 68.2 Å². The van der Waals surface area contributed by atoms with Crippen molar-refractivity contribution < 1.29 is 24.1 Å². The van der Waals surface area contributed by atoms with Gasteiger partial charge < -0.3 is 24.1 Å². The Bertz CT molecular complexity index is 764. The molecule has 2 aromatic rings. The summed E-state index contributed by atoms with van der Waals surface area (Å²) >= 11 is 0. The summed E-state index contributed by atoms with van der Waals surface area (Å²) in [6.45, 7) is 10.0. The Hall–Kier alpha value is -1.54. The summed E-state index contributed by atoms with van der Waals surface area (Å²) in [6, 6.07) is 20.6. The van der Waals surface area contributed by atoms with E-state index >= 15 is 0 Å². The van der Waals surface area contributed by atoms with Gasteiger partial charge in [0.25, 0.3) is 8.32 Å². The van der Waals surface area contributed by atoms with Crippen molar-refractivity contribution in [3.8, 4) is 0 Å². The molecule has 1 heterocycles. The van der Waals surface area contributed by atoms with E-state index in [1.165, 1.54) is 0 Å². The van der Waals surface area contributed by atoms with E-state index < -0.39 is 32.4 Å². The van der Waals surface area contributed by atoms with Crippen LogP contribution in [0.3, 0.4) is 0 Å². The largest absolute Gasteiger partial charge is 0.405 e. The Morgan fingerprint density at radius 3 is 1.90 bits per heavy atom. The predicted molar refractivity (Wildman–Crippen MR) is 120 cm³/mol. The van der Waals surface area contributed by atoms with Crippen LogP contribution >= 0.6 is 0 Å². The molecule has 0 amide bonds. The van der Waals surface area contributed by atoms with Crippen molar-refractivity contribution in [2.24, 2.45) is 0 Å². The summed E-state index contributed by atoms with van der Waals surface area (Å²) in [7, 11) is -2.75. The molecule has 2 aromatic carbocycles. The summed E-state index contributed by atoms with van der Waals surface area (Å²) in [6.07, 6.45) is -2.16. The minimum absolute atomic E-state index is 0.0912. The Balaban J connectivity index is 1.96. The number of aliphatic hydroxyl groups excluding tert-OH is 2. The predicted octanol–water partition coefficient (Wildman–Crippen LogP) is 2.44. The maximum atomic E-state index is 11.0. The Morgan fingerprint density at radius 2 is 1.47 bits per heavy atom. The smallest absolute Gasteiger partial charge is 0.261 e. The van der Waals surface area contributed by atoms with Crippen LogP contribution in [0.5, 0.6) is 0 Å². The average Bonchev–Trinajstić information content (AvgIpc) is 3.04. The minimum Gasteiger partial charge on any atom is -0.405 e. The fourth-order valence-corrected chi connectivity index (χ4v) is 8.97. The number of rotatable bonds is 7. The molecule has 1 fully saturated rings. The van der Waals surface area contributed by atoms with Crippen LogP contribution in [0.1, 0.15) is 34.6 Å². The second-order valence-electron chi connectivity index (χ2n) is 9.36. The van der Waals surface area contributed by atoms with Crippen LogP contribution in [-0.4, -0.2) is 55.8 Å². The van der Waals surface area contributed by atoms with Crippen molar-refractivity contribution in [1.82, 2.24) is 0 Å². The second kappa shape index (κ2) is 8.90. The van der Waals surface area contributed by atoms with Gasteiger partial charge in [0.1, 0.15) is 18.3 Å². The lowest BCUT2D eigenvalue weighted by molar-refractivity contribution is -0.158. The van der Waals surface area contributed by atoms with Crippen LogP contribution in [0.4, 0.5) is 0 Å². The van der Waals surface area contributed by atoms with Crippen LogP contribution in [-0.2, 0) is 13.9 Å². The van der Waals surface area contributed by atoms with Gasteiger partial charge in [-0.25, -0.2) is 0 Å². The number of hydrogen-bond acceptors (Lipinski definition) is 5. The molecule has 0 radical (unpaired) electrons. The summed E-state index contributed by atoms with van der Waals surface area (Å²) in [5, 5.41) is 22.8.